The summed E-state index contributed by atoms with van der Waals surface area (Å²) in [6.07, 6.45) is 1.97. The van der Waals surface area contributed by atoms with E-state index in [9.17, 15) is 5.11 Å². The maximum Gasteiger partial charge on any atom is 0.0914 e. The van der Waals surface area contributed by atoms with Crippen LogP contribution in [-0.4, -0.2) is 17.7 Å². The van der Waals surface area contributed by atoms with Crippen LogP contribution in [0.4, 0.5) is 0 Å². The molecule has 1 fully saturated rings. The molecule has 1 aromatic rings. The fourth-order valence-corrected chi connectivity index (χ4v) is 2.33. The van der Waals surface area contributed by atoms with E-state index in [4.69, 9.17) is 0 Å². The molecule has 2 heteroatoms. The average molecular weight is 247 g/mol. The lowest BCUT2D eigenvalue weighted by Gasteiger charge is -2.13. The fourth-order valence-electron chi connectivity index (χ4n) is 2.33. The van der Waals surface area contributed by atoms with E-state index in [1.54, 1.807) is 0 Å². The van der Waals surface area contributed by atoms with E-state index in [0.717, 1.165) is 17.9 Å². The number of hydrogen-bond donors (Lipinski definition) is 2. The average Bonchev–Trinajstić information content (AvgIpc) is 3.02. The molecule has 2 N–H and O–H groups in total. The summed E-state index contributed by atoms with van der Waals surface area (Å²) < 4.78 is 0. The molecule has 1 aliphatic carbocycles. The van der Waals surface area contributed by atoms with Gasteiger partial charge in [-0.2, -0.15) is 0 Å². The third-order valence-electron chi connectivity index (χ3n) is 3.69. The number of aliphatic hydroxyl groups is 1. The van der Waals surface area contributed by atoms with E-state index in [1.807, 2.05) is 0 Å². The van der Waals surface area contributed by atoms with Crippen molar-refractivity contribution in [2.24, 2.45) is 11.8 Å². The van der Waals surface area contributed by atoms with E-state index in [-0.39, 0.29) is 6.10 Å². The van der Waals surface area contributed by atoms with Gasteiger partial charge in [0.1, 0.15) is 0 Å². The van der Waals surface area contributed by atoms with Crippen LogP contribution in [0.1, 0.15) is 44.4 Å². The standard InChI is InChI=1S/C16H25NO/c1-11(2)8-13-4-6-14(7-5-13)16(18)10-17-15-9-12(15)3/h4-7,11-12,15-18H,8-10H2,1-3H3. The maximum absolute atomic E-state index is 10.1. The molecular formula is C16H25NO. The number of nitrogens with one attached hydrogen (secondary N) is 1. The lowest BCUT2D eigenvalue weighted by Crippen LogP contribution is -2.24. The van der Waals surface area contributed by atoms with Crippen molar-refractivity contribution in [1.82, 2.24) is 5.32 Å². The zero-order valence-electron chi connectivity index (χ0n) is 11.7. The predicted octanol–water partition coefficient (Wildman–Crippen LogP) is 2.92. The number of hydrogen-bond acceptors (Lipinski definition) is 2. The minimum absolute atomic E-state index is 0.383. The van der Waals surface area contributed by atoms with Gasteiger partial charge in [-0.3, -0.25) is 0 Å². The molecule has 1 aliphatic rings. The molecule has 0 spiro atoms. The van der Waals surface area contributed by atoms with Crippen LogP contribution in [0.15, 0.2) is 24.3 Å². The topological polar surface area (TPSA) is 32.3 Å². The van der Waals surface area contributed by atoms with Gasteiger partial charge in [0.25, 0.3) is 0 Å². The maximum atomic E-state index is 10.1. The van der Waals surface area contributed by atoms with Crippen molar-refractivity contribution in [3.8, 4) is 0 Å². The summed E-state index contributed by atoms with van der Waals surface area (Å²) in [5.74, 6) is 1.46. The molecule has 0 saturated heterocycles. The van der Waals surface area contributed by atoms with E-state index in [2.05, 4.69) is 50.4 Å². The van der Waals surface area contributed by atoms with Gasteiger partial charge in [-0.15, -0.1) is 0 Å². The molecule has 0 bridgehead atoms. The first kappa shape index (κ1) is 13.6. The second-order valence-electron chi connectivity index (χ2n) is 6.08. The van der Waals surface area contributed by atoms with Crippen molar-refractivity contribution in [1.29, 1.82) is 0 Å². The van der Waals surface area contributed by atoms with Crippen molar-refractivity contribution in [2.45, 2.75) is 45.8 Å². The van der Waals surface area contributed by atoms with Gasteiger partial charge in [0.15, 0.2) is 0 Å². The Balaban J connectivity index is 1.83. The predicted molar refractivity (Wildman–Crippen MR) is 75.5 cm³/mol. The van der Waals surface area contributed by atoms with Gasteiger partial charge < -0.3 is 10.4 Å². The highest BCUT2D eigenvalue weighted by Gasteiger charge is 2.32. The minimum Gasteiger partial charge on any atom is -0.387 e. The number of benzene rings is 1. The number of aliphatic hydroxyl groups excluding tert-OH is 1. The molecule has 18 heavy (non-hydrogen) atoms. The minimum atomic E-state index is -0.383. The van der Waals surface area contributed by atoms with Crippen molar-refractivity contribution in [3.63, 3.8) is 0 Å². The summed E-state index contributed by atoms with van der Waals surface area (Å²) in [7, 11) is 0. The molecular weight excluding hydrogens is 222 g/mol. The molecule has 2 rings (SSSR count). The third kappa shape index (κ3) is 3.82. The Labute approximate surface area is 110 Å². The Morgan fingerprint density at radius 2 is 1.89 bits per heavy atom. The molecule has 3 unspecified atom stereocenters. The van der Waals surface area contributed by atoms with Gasteiger partial charge in [0.05, 0.1) is 6.10 Å². The third-order valence-corrected chi connectivity index (χ3v) is 3.69. The van der Waals surface area contributed by atoms with Crippen molar-refractivity contribution in [3.05, 3.63) is 35.4 Å². The lowest BCUT2D eigenvalue weighted by atomic mass is 10.0. The molecule has 0 aliphatic heterocycles. The van der Waals surface area contributed by atoms with E-state index in [0.29, 0.717) is 18.5 Å². The molecule has 100 valence electrons. The fraction of sp³-hybridized carbons (Fsp3) is 0.625. The van der Waals surface area contributed by atoms with E-state index >= 15 is 0 Å². The highest BCUT2D eigenvalue weighted by molar-refractivity contribution is 5.24. The van der Waals surface area contributed by atoms with E-state index in [1.165, 1.54) is 12.0 Å². The summed E-state index contributed by atoms with van der Waals surface area (Å²) in [6, 6.07) is 9.01. The molecule has 0 heterocycles. The summed E-state index contributed by atoms with van der Waals surface area (Å²) in [4.78, 5) is 0. The lowest BCUT2D eigenvalue weighted by molar-refractivity contribution is 0.173. The smallest absolute Gasteiger partial charge is 0.0914 e. The molecule has 3 atom stereocenters. The van der Waals surface area contributed by atoms with Gasteiger partial charge in [-0.25, -0.2) is 0 Å². The van der Waals surface area contributed by atoms with Crippen LogP contribution < -0.4 is 5.32 Å². The highest BCUT2D eigenvalue weighted by Crippen LogP contribution is 2.29. The van der Waals surface area contributed by atoms with Crippen LogP contribution in [0.25, 0.3) is 0 Å². The van der Waals surface area contributed by atoms with Gasteiger partial charge in [-0.1, -0.05) is 45.0 Å². The molecule has 0 amide bonds. The van der Waals surface area contributed by atoms with Crippen LogP contribution in [0.3, 0.4) is 0 Å². The Morgan fingerprint density at radius 1 is 1.28 bits per heavy atom. The summed E-state index contributed by atoms with van der Waals surface area (Å²) in [6.45, 7) is 7.36. The summed E-state index contributed by atoms with van der Waals surface area (Å²) in [5, 5.41) is 13.5. The van der Waals surface area contributed by atoms with Crippen LogP contribution >= 0.6 is 0 Å². The summed E-state index contributed by atoms with van der Waals surface area (Å²) >= 11 is 0. The molecule has 0 radical (unpaired) electrons. The second kappa shape index (κ2) is 5.85. The quantitative estimate of drug-likeness (QED) is 0.810. The van der Waals surface area contributed by atoms with Gasteiger partial charge >= 0.3 is 0 Å². The van der Waals surface area contributed by atoms with E-state index < -0.39 is 0 Å². The van der Waals surface area contributed by atoms with Crippen molar-refractivity contribution >= 4 is 0 Å². The van der Waals surface area contributed by atoms with Gasteiger partial charge in [-0.05, 0) is 35.8 Å². The monoisotopic (exact) mass is 247 g/mol. The Hall–Kier alpha value is -0.860. The molecule has 2 nitrogen and oxygen atoms in total. The number of rotatable bonds is 6. The van der Waals surface area contributed by atoms with Crippen LogP contribution in [0, 0.1) is 11.8 Å². The molecule has 0 aromatic heterocycles. The molecule has 1 saturated carbocycles. The Bertz CT molecular complexity index is 371. The molecule has 1 aromatic carbocycles. The Morgan fingerprint density at radius 3 is 2.39 bits per heavy atom. The Kier molecular flexibility index (Phi) is 4.41. The summed E-state index contributed by atoms with van der Waals surface area (Å²) in [5.41, 5.74) is 2.37. The van der Waals surface area contributed by atoms with Gasteiger partial charge in [0, 0.05) is 12.6 Å². The van der Waals surface area contributed by atoms with Crippen molar-refractivity contribution in [2.75, 3.05) is 6.54 Å². The van der Waals surface area contributed by atoms with Crippen LogP contribution in [0.5, 0.6) is 0 Å². The zero-order valence-corrected chi connectivity index (χ0v) is 11.7. The van der Waals surface area contributed by atoms with Crippen LogP contribution in [-0.2, 0) is 6.42 Å². The first-order chi connectivity index (χ1) is 8.56. The normalized spacial score (nSPS) is 24.3. The van der Waals surface area contributed by atoms with Crippen LogP contribution in [0.2, 0.25) is 0 Å². The van der Waals surface area contributed by atoms with Gasteiger partial charge in [0.2, 0.25) is 0 Å². The largest absolute Gasteiger partial charge is 0.387 e. The first-order valence-corrected chi connectivity index (χ1v) is 7.06. The first-order valence-electron chi connectivity index (χ1n) is 7.06. The SMILES string of the molecule is CC(C)Cc1ccc(C(O)CNC2CC2C)cc1. The second-order valence-corrected chi connectivity index (χ2v) is 6.08. The zero-order chi connectivity index (χ0) is 13.1. The highest BCUT2D eigenvalue weighted by atomic mass is 16.3. The van der Waals surface area contributed by atoms with Crippen molar-refractivity contribution < 1.29 is 5.11 Å².